The highest BCUT2D eigenvalue weighted by Crippen LogP contribution is 2.39. The molecule has 13 nitrogen and oxygen atoms in total. The standard InChI is InChI=1S/C27H27N5O8S/c1-2-40-24(33)16-31-25-22-13-20(5-3-18(22)4-10-23(25)29-26(34)27(31)35)30-12-11-17(15-30)14-28-41(38,39)21-8-6-19(7-9-21)32(36)37/h6-9,11-13,15,28H,2-5,10,14,16H2,1H3,(H,29,34). The number of allylic oxidation sites excluding steroid dienone is 4. The zero-order valence-electron chi connectivity index (χ0n) is 22.1. The molecule has 2 N–H and O–H groups in total. The lowest BCUT2D eigenvalue weighted by atomic mass is 9.84. The smallest absolute Gasteiger partial charge is 0.326 e. The number of benzene rings is 1. The van der Waals surface area contributed by atoms with Crippen molar-refractivity contribution in [2.45, 2.75) is 50.6 Å². The summed E-state index contributed by atoms with van der Waals surface area (Å²) in [5, 5.41) is 10.8. The maximum absolute atomic E-state index is 12.8. The number of carbonyl (C=O) groups excluding carboxylic acids is 1. The molecule has 214 valence electrons. The largest absolute Gasteiger partial charge is 0.465 e. The summed E-state index contributed by atoms with van der Waals surface area (Å²) in [6, 6.07) is 6.40. The van der Waals surface area contributed by atoms with Crippen LogP contribution in [0.5, 0.6) is 0 Å². The molecule has 14 heteroatoms. The van der Waals surface area contributed by atoms with E-state index < -0.39 is 32.0 Å². The number of hydrogen-bond donors (Lipinski definition) is 2. The van der Waals surface area contributed by atoms with E-state index in [-0.39, 0.29) is 30.3 Å². The Labute approximate surface area is 234 Å². The SMILES string of the molecule is CCOC(=O)Cn1c2c([nH]c(=O)c1=O)CCC1=C2C=C(n2ccc(CNS(=O)(=O)c3ccc([N+](=O)[O-])cc3)c2)CC1. The van der Waals surface area contributed by atoms with E-state index in [4.69, 9.17) is 4.74 Å². The van der Waals surface area contributed by atoms with Crippen LogP contribution in [0.15, 0.2) is 68.9 Å². The maximum Gasteiger partial charge on any atom is 0.326 e. The maximum atomic E-state index is 12.8. The van der Waals surface area contributed by atoms with Gasteiger partial charge in [-0.15, -0.1) is 0 Å². The molecule has 0 atom stereocenters. The van der Waals surface area contributed by atoms with Crippen LogP contribution in [0.4, 0.5) is 5.69 Å². The van der Waals surface area contributed by atoms with Crippen LogP contribution < -0.4 is 15.8 Å². The zero-order chi connectivity index (χ0) is 29.3. The number of aryl methyl sites for hydroxylation is 1. The molecule has 0 fully saturated rings. The topological polar surface area (TPSA) is 175 Å². The fourth-order valence-corrected chi connectivity index (χ4v) is 6.09. The molecule has 0 radical (unpaired) electrons. The molecule has 0 bridgehead atoms. The fourth-order valence-electron chi connectivity index (χ4n) is 5.07. The Morgan fingerprint density at radius 1 is 1.12 bits per heavy atom. The summed E-state index contributed by atoms with van der Waals surface area (Å²) in [4.78, 5) is 50.2. The van der Waals surface area contributed by atoms with Crippen molar-refractivity contribution in [3.63, 3.8) is 0 Å². The number of H-pyrrole nitrogens is 1. The van der Waals surface area contributed by atoms with Crippen molar-refractivity contribution < 1.29 is 22.9 Å². The highest BCUT2D eigenvalue weighted by molar-refractivity contribution is 7.89. The predicted molar refractivity (Wildman–Crippen MR) is 148 cm³/mol. The first-order valence-electron chi connectivity index (χ1n) is 12.9. The molecule has 0 aliphatic heterocycles. The molecule has 41 heavy (non-hydrogen) atoms. The van der Waals surface area contributed by atoms with Crippen molar-refractivity contribution in [1.82, 2.24) is 18.8 Å². The number of nitrogens with one attached hydrogen (secondary N) is 2. The lowest BCUT2D eigenvalue weighted by Crippen LogP contribution is -2.41. The zero-order valence-corrected chi connectivity index (χ0v) is 22.9. The van der Waals surface area contributed by atoms with Gasteiger partial charge in [-0.05, 0) is 62.4 Å². The van der Waals surface area contributed by atoms with Crippen LogP contribution in [0.3, 0.4) is 0 Å². The van der Waals surface area contributed by atoms with Gasteiger partial charge in [-0.25, -0.2) is 13.1 Å². The number of aromatic nitrogens is 3. The summed E-state index contributed by atoms with van der Waals surface area (Å²) < 4.78 is 36.0. The number of nitro groups is 1. The number of nitro benzene ring substituents is 1. The summed E-state index contributed by atoms with van der Waals surface area (Å²) in [6.07, 6.45) is 8.18. The summed E-state index contributed by atoms with van der Waals surface area (Å²) in [5.41, 5.74) is 2.75. The number of nitrogens with zero attached hydrogens (tertiary/aromatic N) is 3. The minimum Gasteiger partial charge on any atom is -0.465 e. The number of hydrogen-bond acceptors (Lipinski definition) is 8. The van der Waals surface area contributed by atoms with Gasteiger partial charge in [0.1, 0.15) is 6.54 Å². The third-order valence-corrected chi connectivity index (χ3v) is 8.49. The van der Waals surface area contributed by atoms with Crippen molar-refractivity contribution in [2.75, 3.05) is 6.61 Å². The first kappa shape index (κ1) is 28.0. The summed E-state index contributed by atoms with van der Waals surface area (Å²) in [6.45, 7) is 1.44. The van der Waals surface area contributed by atoms with Crippen LogP contribution >= 0.6 is 0 Å². The molecule has 2 aliphatic carbocycles. The normalized spacial score (nSPS) is 14.7. The quantitative estimate of drug-likeness (QED) is 0.167. The van der Waals surface area contributed by atoms with Gasteiger partial charge in [-0.1, -0.05) is 5.57 Å². The Morgan fingerprint density at radius 3 is 2.56 bits per heavy atom. The second-order valence-corrected chi connectivity index (χ2v) is 11.4. The Bertz CT molecular complexity index is 1830. The third-order valence-electron chi connectivity index (χ3n) is 7.07. The van der Waals surface area contributed by atoms with Crippen molar-refractivity contribution in [2.24, 2.45) is 0 Å². The van der Waals surface area contributed by atoms with Crippen molar-refractivity contribution in [1.29, 1.82) is 0 Å². The molecule has 2 aromatic heterocycles. The number of aromatic amines is 1. The number of sulfonamides is 1. The van der Waals surface area contributed by atoms with Gasteiger partial charge in [-0.3, -0.25) is 29.1 Å². The van der Waals surface area contributed by atoms with Gasteiger partial charge < -0.3 is 14.3 Å². The second kappa shape index (κ2) is 11.1. The van der Waals surface area contributed by atoms with E-state index in [2.05, 4.69) is 9.71 Å². The second-order valence-electron chi connectivity index (χ2n) is 9.63. The first-order chi connectivity index (χ1) is 19.6. The van der Waals surface area contributed by atoms with Gasteiger partial charge >= 0.3 is 17.1 Å². The van der Waals surface area contributed by atoms with Crippen LogP contribution in [0.25, 0.3) is 11.3 Å². The molecule has 0 saturated carbocycles. The highest BCUT2D eigenvalue weighted by Gasteiger charge is 2.27. The molecule has 0 saturated heterocycles. The summed E-state index contributed by atoms with van der Waals surface area (Å²) >= 11 is 0. The summed E-state index contributed by atoms with van der Waals surface area (Å²) in [7, 11) is -3.90. The highest BCUT2D eigenvalue weighted by atomic mass is 32.2. The Morgan fingerprint density at radius 2 is 1.85 bits per heavy atom. The molecule has 0 amide bonds. The van der Waals surface area contributed by atoms with Crippen molar-refractivity contribution >= 4 is 33.0 Å². The number of ether oxygens (including phenoxy) is 1. The van der Waals surface area contributed by atoms with Crippen LogP contribution in [-0.2, 0) is 39.1 Å². The lowest BCUT2D eigenvalue weighted by molar-refractivity contribution is -0.384. The molecule has 2 aliphatic rings. The molecule has 1 aromatic carbocycles. The van der Waals surface area contributed by atoms with Gasteiger partial charge in [0.25, 0.3) is 5.69 Å². The summed E-state index contributed by atoms with van der Waals surface area (Å²) in [5.74, 6) is -0.610. The molecular weight excluding hydrogens is 554 g/mol. The number of non-ortho nitro benzene ring substituents is 1. The van der Waals surface area contributed by atoms with Crippen LogP contribution in [-0.4, -0.2) is 40.0 Å². The number of carbonyl (C=O) groups is 1. The molecular formula is C27H27N5O8S. The average Bonchev–Trinajstić information content (AvgIpc) is 3.43. The van der Waals surface area contributed by atoms with E-state index in [1.54, 1.807) is 25.4 Å². The van der Waals surface area contributed by atoms with Gasteiger partial charge in [0.2, 0.25) is 10.0 Å². The fraction of sp³-hybridized carbons (Fsp3) is 0.296. The number of esters is 1. The van der Waals surface area contributed by atoms with Crippen LogP contribution in [0, 0.1) is 10.1 Å². The van der Waals surface area contributed by atoms with E-state index in [1.165, 1.54) is 16.7 Å². The first-order valence-corrected chi connectivity index (χ1v) is 14.4. The molecule has 0 unspecified atom stereocenters. The molecule has 3 aromatic rings. The van der Waals surface area contributed by atoms with Gasteiger partial charge in [0.15, 0.2) is 0 Å². The average molecular weight is 582 g/mol. The minimum absolute atomic E-state index is 0.00327. The lowest BCUT2D eigenvalue weighted by Gasteiger charge is -2.28. The van der Waals surface area contributed by atoms with Gasteiger partial charge in [-0.2, -0.15) is 0 Å². The monoisotopic (exact) mass is 581 g/mol. The van der Waals surface area contributed by atoms with Gasteiger partial charge in [0.05, 0.1) is 22.1 Å². The number of fused-ring (bicyclic) bond motifs is 2. The van der Waals surface area contributed by atoms with Crippen LogP contribution in [0.1, 0.15) is 43.1 Å². The predicted octanol–water partition coefficient (Wildman–Crippen LogP) is 2.32. The van der Waals surface area contributed by atoms with Crippen molar-refractivity contribution in [3.05, 3.63) is 102 Å². The molecule has 2 heterocycles. The van der Waals surface area contributed by atoms with E-state index in [1.807, 2.05) is 10.6 Å². The van der Waals surface area contributed by atoms with Crippen LogP contribution in [0.2, 0.25) is 0 Å². The molecule has 5 rings (SSSR count). The Hall–Kier alpha value is -4.56. The van der Waals surface area contributed by atoms with E-state index in [0.717, 1.165) is 29.0 Å². The number of rotatable bonds is 9. The molecule has 0 spiro atoms. The van der Waals surface area contributed by atoms with E-state index in [0.29, 0.717) is 42.6 Å². The minimum atomic E-state index is -3.90. The van der Waals surface area contributed by atoms with E-state index >= 15 is 0 Å². The Kier molecular flexibility index (Phi) is 7.60. The van der Waals surface area contributed by atoms with E-state index in [9.17, 15) is 32.9 Å². The third kappa shape index (κ3) is 5.69. The van der Waals surface area contributed by atoms with Crippen molar-refractivity contribution in [3.8, 4) is 0 Å². The van der Waals surface area contributed by atoms with Gasteiger partial charge in [0, 0.05) is 48.0 Å². The Balaban J connectivity index is 1.39.